The van der Waals surface area contributed by atoms with Gasteiger partial charge in [0.2, 0.25) is 5.91 Å². The molecule has 1 aliphatic heterocycles. The lowest BCUT2D eigenvalue weighted by Crippen LogP contribution is -2.54. The molecule has 0 saturated heterocycles. The molecule has 20 heavy (non-hydrogen) atoms. The number of likely N-dealkylation sites (N-methyl/N-ethyl adjacent to an activating group) is 1. The summed E-state index contributed by atoms with van der Waals surface area (Å²) < 4.78 is 0. The fraction of sp³-hybridized carbons (Fsp3) is 0.529. The van der Waals surface area contributed by atoms with Crippen molar-refractivity contribution in [3.63, 3.8) is 0 Å². The Hall–Kier alpha value is -1.64. The number of amides is 2. The second kappa shape index (κ2) is 4.72. The van der Waals surface area contributed by atoms with Crippen molar-refractivity contribution >= 4 is 11.8 Å². The van der Waals surface area contributed by atoms with Gasteiger partial charge < -0.3 is 0 Å². The third kappa shape index (κ3) is 2.26. The smallest absolute Gasteiger partial charge is 0.260 e. The highest BCUT2D eigenvalue weighted by molar-refractivity contribution is 6.13. The number of benzene rings is 1. The minimum Gasteiger partial charge on any atom is -0.278 e. The molecule has 0 saturated carbocycles. The summed E-state index contributed by atoms with van der Waals surface area (Å²) in [6.45, 7) is 10.6. The van der Waals surface area contributed by atoms with Gasteiger partial charge in [0.25, 0.3) is 5.91 Å². The zero-order valence-electron chi connectivity index (χ0n) is 13.0. The summed E-state index contributed by atoms with van der Waals surface area (Å²) in [6.07, 6.45) is 0.722. The van der Waals surface area contributed by atoms with Crippen LogP contribution in [-0.2, 0) is 10.2 Å². The molecule has 0 fully saturated rings. The van der Waals surface area contributed by atoms with E-state index < -0.39 is 5.41 Å². The first-order valence-corrected chi connectivity index (χ1v) is 7.16. The first-order valence-electron chi connectivity index (χ1n) is 7.16. The average Bonchev–Trinajstić information content (AvgIpc) is 2.36. The molecule has 108 valence electrons. The lowest BCUT2D eigenvalue weighted by Gasteiger charge is -2.42. The number of fused-ring (bicyclic) bond motifs is 1. The number of nitrogens with zero attached hydrogens (tertiary/aromatic N) is 1. The molecule has 0 bridgehead atoms. The van der Waals surface area contributed by atoms with E-state index in [0.29, 0.717) is 12.1 Å². The third-order valence-corrected chi connectivity index (χ3v) is 3.91. The Labute approximate surface area is 121 Å². The molecule has 3 heteroatoms. The topological polar surface area (TPSA) is 37.4 Å². The van der Waals surface area contributed by atoms with E-state index in [1.54, 1.807) is 0 Å². The SMILES string of the molecule is CCN1C(=O)c2ccccc2C(C)(CC(C)(C)C)C1=O. The molecule has 0 spiro atoms. The summed E-state index contributed by atoms with van der Waals surface area (Å²) >= 11 is 0. The number of carbonyl (C=O) groups is 2. The first-order chi connectivity index (χ1) is 9.20. The Morgan fingerprint density at radius 2 is 1.75 bits per heavy atom. The van der Waals surface area contributed by atoms with Crippen molar-refractivity contribution in [2.75, 3.05) is 6.54 Å². The van der Waals surface area contributed by atoms with Gasteiger partial charge in [-0.15, -0.1) is 0 Å². The van der Waals surface area contributed by atoms with Gasteiger partial charge in [-0.05, 0) is 37.3 Å². The van der Waals surface area contributed by atoms with Crippen LogP contribution >= 0.6 is 0 Å². The van der Waals surface area contributed by atoms with Crippen LogP contribution < -0.4 is 0 Å². The Morgan fingerprint density at radius 3 is 2.30 bits per heavy atom. The molecule has 0 aliphatic carbocycles. The highest BCUT2D eigenvalue weighted by atomic mass is 16.2. The van der Waals surface area contributed by atoms with Gasteiger partial charge in [-0.2, -0.15) is 0 Å². The number of rotatable bonds is 2. The van der Waals surface area contributed by atoms with Crippen LogP contribution in [0.4, 0.5) is 0 Å². The van der Waals surface area contributed by atoms with Crippen LogP contribution in [0.5, 0.6) is 0 Å². The first kappa shape index (κ1) is 14.8. The molecule has 2 rings (SSSR count). The number of imide groups is 1. The van der Waals surface area contributed by atoms with Gasteiger partial charge in [0, 0.05) is 12.1 Å². The van der Waals surface area contributed by atoms with Crippen molar-refractivity contribution in [1.29, 1.82) is 0 Å². The maximum Gasteiger partial charge on any atom is 0.260 e. The maximum atomic E-state index is 12.8. The number of hydrogen-bond donors (Lipinski definition) is 0. The molecule has 3 nitrogen and oxygen atoms in total. The van der Waals surface area contributed by atoms with E-state index in [-0.39, 0.29) is 17.2 Å². The van der Waals surface area contributed by atoms with Gasteiger partial charge >= 0.3 is 0 Å². The molecule has 0 aromatic heterocycles. The quantitative estimate of drug-likeness (QED) is 0.775. The van der Waals surface area contributed by atoms with E-state index in [9.17, 15) is 9.59 Å². The molecule has 1 heterocycles. The standard InChI is InChI=1S/C17H23NO2/c1-6-18-14(19)12-9-7-8-10-13(12)17(5,15(18)20)11-16(2,3)4/h7-10H,6,11H2,1-5H3. The average molecular weight is 273 g/mol. The molecule has 1 aromatic carbocycles. The van der Waals surface area contributed by atoms with Crippen LogP contribution in [0.2, 0.25) is 0 Å². The van der Waals surface area contributed by atoms with Crippen molar-refractivity contribution in [3.8, 4) is 0 Å². The number of carbonyl (C=O) groups excluding carboxylic acids is 2. The predicted molar refractivity (Wildman–Crippen MR) is 79.6 cm³/mol. The summed E-state index contributed by atoms with van der Waals surface area (Å²) in [6, 6.07) is 7.51. The molecule has 0 radical (unpaired) electrons. The van der Waals surface area contributed by atoms with E-state index >= 15 is 0 Å². The van der Waals surface area contributed by atoms with Crippen LogP contribution in [-0.4, -0.2) is 23.3 Å². The molecule has 1 unspecified atom stereocenters. The molecular weight excluding hydrogens is 250 g/mol. The highest BCUT2D eigenvalue weighted by Crippen LogP contribution is 2.42. The van der Waals surface area contributed by atoms with Crippen molar-refractivity contribution in [3.05, 3.63) is 35.4 Å². The Kier molecular flexibility index (Phi) is 3.49. The second-order valence-corrected chi connectivity index (χ2v) is 6.97. The fourth-order valence-electron chi connectivity index (χ4n) is 3.32. The van der Waals surface area contributed by atoms with Crippen LogP contribution in [0.15, 0.2) is 24.3 Å². The molecule has 1 aliphatic rings. The molecule has 0 N–H and O–H groups in total. The molecular formula is C17H23NO2. The van der Waals surface area contributed by atoms with Gasteiger partial charge in [0.1, 0.15) is 0 Å². The van der Waals surface area contributed by atoms with Crippen molar-refractivity contribution in [2.45, 2.75) is 46.5 Å². The summed E-state index contributed by atoms with van der Waals surface area (Å²) in [5.74, 6) is -0.238. The molecule has 2 amide bonds. The van der Waals surface area contributed by atoms with Gasteiger partial charge in [0.05, 0.1) is 5.41 Å². The second-order valence-electron chi connectivity index (χ2n) is 6.97. The van der Waals surface area contributed by atoms with E-state index in [0.717, 1.165) is 12.0 Å². The third-order valence-electron chi connectivity index (χ3n) is 3.91. The van der Waals surface area contributed by atoms with E-state index in [2.05, 4.69) is 20.8 Å². The zero-order chi connectivity index (χ0) is 15.1. The largest absolute Gasteiger partial charge is 0.278 e. The lowest BCUT2D eigenvalue weighted by atomic mass is 9.67. The Bertz CT molecular complexity index is 556. The molecule has 1 atom stereocenters. The number of hydrogen-bond acceptors (Lipinski definition) is 2. The van der Waals surface area contributed by atoms with Gasteiger partial charge in [-0.3, -0.25) is 14.5 Å². The summed E-state index contributed by atoms with van der Waals surface area (Å²) in [7, 11) is 0. The van der Waals surface area contributed by atoms with Gasteiger partial charge in [0.15, 0.2) is 0 Å². The van der Waals surface area contributed by atoms with Crippen molar-refractivity contribution < 1.29 is 9.59 Å². The fourth-order valence-corrected chi connectivity index (χ4v) is 3.32. The van der Waals surface area contributed by atoms with Crippen LogP contribution in [0.1, 0.15) is 57.0 Å². The van der Waals surface area contributed by atoms with E-state index in [4.69, 9.17) is 0 Å². The minimum absolute atomic E-state index is 0.0112. The zero-order valence-corrected chi connectivity index (χ0v) is 13.0. The van der Waals surface area contributed by atoms with Gasteiger partial charge in [-0.25, -0.2) is 0 Å². The monoisotopic (exact) mass is 273 g/mol. The summed E-state index contributed by atoms with van der Waals surface area (Å²) in [5.41, 5.74) is 0.922. The normalized spacial score (nSPS) is 22.9. The van der Waals surface area contributed by atoms with Crippen LogP contribution in [0, 0.1) is 5.41 Å². The minimum atomic E-state index is -0.626. The summed E-state index contributed by atoms with van der Waals surface area (Å²) in [4.78, 5) is 26.6. The molecule has 1 aromatic rings. The highest BCUT2D eigenvalue weighted by Gasteiger charge is 2.48. The van der Waals surface area contributed by atoms with Gasteiger partial charge in [-0.1, -0.05) is 39.0 Å². The van der Waals surface area contributed by atoms with Crippen molar-refractivity contribution in [2.24, 2.45) is 5.41 Å². The Morgan fingerprint density at radius 1 is 1.15 bits per heavy atom. The van der Waals surface area contributed by atoms with E-state index in [1.807, 2.05) is 38.1 Å². The van der Waals surface area contributed by atoms with Crippen LogP contribution in [0.25, 0.3) is 0 Å². The van der Waals surface area contributed by atoms with E-state index in [1.165, 1.54) is 4.90 Å². The Balaban J connectivity index is 2.63. The predicted octanol–water partition coefficient (Wildman–Crippen LogP) is 3.38. The lowest BCUT2D eigenvalue weighted by molar-refractivity contribution is -0.136. The van der Waals surface area contributed by atoms with Crippen LogP contribution in [0.3, 0.4) is 0 Å². The maximum absolute atomic E-state index is 12.8. The van der Waals surface area contributed by atoms with Crippen molar-refractivity contribution in [1.82, 2.24) is 4.90 Å². The summed E-state index contributed by atoms with van der Waals surface area (Å²) in [5, 5.41) is 0.